The van der Waals surface area contributed by atoms with Crippen LogP contribution in [0.5, 0.6) is 0 Å². The molecule has 109 heavy (non-hydrogen) atoms. The molecule has 12 atom stereocenters. The average Bonchev–Trinajstić information content (AvgIpc) is 1.71. The minimum atomic E-state index is -2.02. The highest BCUT2D eigenvalue weighted by molar-refractivity contribution is 6.02. The Bertz CT molecular complexity index is 3760. The SMILES string of the molecule is CC(=O)O.CC(C)C(N)C(=O)NC(CO)C(=O)NC(CC(N)=O)C(=O)NC(CO)C(=O)NC(CC(N)=O)C(=O)NC(Cc1c[nH]c2ccccc12)C(=O)N1CCCC1C(=O)NC(CO)C(=O)NC(Cc1ccccc1)C(=O)N1CCCC1C(=O)NC(CO)C(=O)NC(CO)C(=O)NCC(=O)NCC(=O)NCC(N)=O. The van der Waals surface area contributed by atoms with Crippen molar-refractivity contribution < 1.29 is 117 Å². The number of nitrogens with zero attached hydrogens (tertiary/aromatic N) is 2. The Balaban J connectivity index is 0.00000611. The van der Waals surface area contributed by atoms with Crippen LogP contribution < -0.4 is 86.7 Å². The molecular formula is C66H95N19O24. The van der Waals surface area contributed by atoms with Gasteiger partial charge in [0.25, 0.3) is 5.97 Å². The minimum Gasteiger partial charge on any atom is -0.481 e. The Labute approximate surface area is 622 Å². The van der Waals surface area contributed by atoms with Gasteiger partial charge in [-0.05, 0) is 48.8 Å². The Morgan fingerprint density at radius 2 is 0.807 bits per heavy atom. The number of aliphatic carboxylic acids is 1. The third-order valence-corrected chi connectivity index (χ3v) is 16.8. The summed E-state index contributed by atoms with van der Waals surface area (Å²) in [5, 5.41) is 86.2. The zero-order valence-electron chi connectivity index (χ0n) is 59.7. The van der Waals surface area contributed by atoms with E-state index in [1.54, 1.807) is 68.4 Å². The van der Waals surface area contributed by atoms with Gasteiger partial charge in [0, 0.05) is 50.0 Å². The molecule has 17 amide bonds. The monoisotopic (exact) mass is 1540 g/mol. The number of H-pyrrole nitrogens is 1. The Morgan fingerprint density at radius 1 is 0.450 bits per heavy atom. The summed E-state index contributed by atoms with van der Waals surface area (Å²) < 4.78 is 0. The number of aliphatic hydroxyl groups is 5. The van der Waals surface area contributed by atoms with Crippen LogP contribution in [0.25, 0.3) is 10.9 Å². The van der Waals surface area contributed by atoms with Crippen LogP contribution in [0.15, 0.2) is 60.8 Å². The van der Waals surface area contributed by atoms with Gasteiger partial charge in [0.1, 0.15) is 66.5 Å². The van der Waals surface area contributed by atoms with Gasteiger partial charge in [-0.25, -0.2) is 0 Å². The number of carbonyl (C=O) groups excluding carboxylic acids is 17. The topological polar surface area (TPSA) is 699 Å². The lowest BCUT2D eigenvalue weighted by Crippen LogP contribution is -2.62. The number of aromatic nitrogens is 1. The molecule has 0 bridgehead atoms. The molecule has 3 heterocycles. The first-order chi connectivity index (χ1) is 51.6. The molecule has 5 rings (SSSR count). The molecular weight excluding hydrogens is 1440 g/mol. The maximum Gasteiger partial charge on any atom is 0.300 e. The largest absolute Gasteiger partial charge is 0.481 e. The fourth-order valence-corrected chi connectivity index (χ4v) is 11.1. The number of benzene rings is 2. The van der Waals surface area contributed by atoms with Crippen molar-refractivity contribution in [2.45, 2.75) is 145 Å². The summed E-state index contributed by atoms with van der Waals surface area (Å²) in [5.74, 6) is -19.2. The lowest BCUT2D eigenvalue weighted by Gasteiger charge is -2.31. The highest BCUT2D eigenvalue weighted by Crippen LogP contribution is 2.25. The van der Waals surface area contributed by atoms with Crippen molar-refractivity contribution in [3.8, 4) is 0 Å². The summed E-state index contributed by atoms with van der Waals surface area (Å²) >= 11 is 0. The van der Waals surface area contributed by atoms with Crippen molar-refractivity contribution in [3.05, 3.63) is 71.9 Å². The van der Waals surface area contributed by atoms with Gasteiger partial charge in [0.2, 0.25) is 100 Å². The number of carboxylic acid groups (broad SMARTS) is 1. The maximum absolute atomic E-state index is 15.0. The van der Waals surface area contributed by atoms with E-state index in [1.165, 1.54) is 6.20 Å². The van der Waals surface area contributed by atoms with Gasteiger partial charge in [-0.1, -0.05) is 62.4 Å². The summed E-state index contributed by atoms with van der Waals surface area (Å²) in [6.45, 7) is -3.19. The highest BCUT2D eigenvalue weighted by Gasteiger charge is 2.43. The number of primary amides is 3. The summed E-state index contributed by atoms with van der Waals surface area (Å²) in [4.78, 5) is 240. The standard InChI is InChI=1S/C64H91N19O22.C2H4O2/c1-31(2)52(68)62(103)81-44(30-88)57(98)74-37(21-48(66)90)55(96)78-41(27-85)56(97)73-36(20-47(65)89)54(95)76-39(19-33-22-69-35-13-7-6-12-34(33)35)64(105)83-17-9-15-46(83)61(102)79-42(28-86)58(99)75-38(18-32-10-4-3-5-11-32)63(104)82-16-8-14-45(82)60(101)80-43(29-87)59(100)77-40(26-84)53(94)72-25-51(93)71-24-50(92)70-23-49(67)91;1-2(3)4/h3-7,10-13,22,31,36-46,52,69,84-88H,8-9,14-21,23-30,68H2,1-2H3,(H2,65,89)(H2,66,90)(H2,67,91)(H,70,92)(H,71,93)(H,72,94)(H,73,97)(H,74,98)(H,75,99)(H,76,95)(H,77,100)(H,78,96)(H,79,102)(H,80,101)(H,81,103);1H3,(H,3,4). The van der Waals surface area contributed by atoms with Crippen LogP contribution in [0, 0.1) is 5.92 Å². The van der Waals surface area contributed by atoms with E-state index in [1.807, 2.05) is 0 Å². The number of carbonyl (C=O) groups is 18. The van der Waals surface area contributed by atoms with Crippen molar-refractivity contribution in [3.63, 3.8) is 0 Å². The number of aliphatic hydroxyl groups excluding tert-OH is 5. The molecule has 0 radical (unpaired) electrons. The molecule has 598 valence electrons. The number of aromatic amines is 1. The first kappa shape index (κ1) is 89.6. The van der Waals surface area contributed by atoms with Crippen molar-refractivity contribution in [1.29, 1.82) is 0 Å². The Hall–Kier alpha value is -11.8. The summed E-state index contributed by atoms with van der Waals surface area (Å²) in [6, 6.07) is -5.03. The van der Waals surface area contributed by atoms with E-state index in [4.69, 9.17) is 32.8 Å². The second-order valence-corrected chi connectivity index (χ2v) is 25.5. The predicted octanol–water partition coefficient (Wildman–Crippen LogP) is -12.1. The van der Waals surface area contributed by atoms with Crippen LogP contribution >= 0.6 is 0 Å². The average molecular weight is 1540 g/mol. The molecule has 12 unspecified atom stereocenters. The second-order valence-electron chi connectivity index (χ2n) is 25.5. The van der Waals surface area contributed by atoms with E-state index < -0.39 is 250 Å². The zero-order chi connectivity index (χ0) is 81.4. The number of nitrogens with one attached hydrogen (secondary N) is 13. The van der Waals surface area contributed by atoms with Crippen molar-refractivity contribution in [2.75, 3.05) is 65.8 Å². The molecule has 43 nitrogen and oxygen atoms in total. The molecule has 43 heteroatoms. The molecule has 2 aliphatic rings. The number of carboxylic acids is 1. The van der Waals surface area contributed by atoms with Crippen molar-refractivity contribution in [2.24, 2.45) is 28.9 Å². The summed E-state index contributed by atoms with van der Waals surface area (Å²) in [7, 11) is 0. The molecule has 27 N–H and O–H groups in total. The first-order valence-corrected chi connectivity index (χ1v) is 34.2. The van der Waals surface area contributed by atoms with Gasteiger partial charge in [-0.15, -0.1) is 0 Å². The smallest absolute Gasteiger partial charge is 0.300 e. The molecule has 2 aliphatic heterocycles. The fourth-order valence-electron chi connectivity index (χ4n) is 11.1. The van der Waals surface area contributed by atoms with Crippen molar-refractivity contribution >= 4 is 117 Å². The van der Waals surface area contributed by atoms with Crippen LogP contribution in [0.4, 0.5) is 0 Å². The van der Waals surface area contributed by atoms with Gasteiger partial charge >= 0.3 is 0 Å². The number of para-hydroxylation sites is 1. The molecule has 0 aliphatic carbocycles. The Morgan fingerprint density at radius 3 is 1.23 bits per heavy atom. The van der Waals surface area contributed by atoms with E-state index >= 15 is 4.79 Å². The van der Waals surface area contributed by atoms with Gasteiger partial charge < -0.3 is 132 Å². The number of amides is 17. The predicted molar refractivity (Wildman–Crippen MR) is 376 cm³/mol. The molecule has 2 fully saturated rings. The van der Waals surface area contributed by atoms with Crippen LogP contribution in [0.2, 0.25) is 0 Å². The van der Waals surface area contributed by atoms with E-state index in [0.717, 1.165) is 16.7 Å². The minimum absolute atomic E-state index is 0.00268. The molecule has 3 aromatic rings. The highest BCUT2D eigenvalue weighted by atomic mass is 16.4. The molecule has 2 saturated heterocycles. The normalized spacial score (nSPS) is 16.5. The number of likely N-dealkylation sites (tertiary alicyclic amines) is 2. The lowest BCUT2D eigenvalue weighted by molar-refractivity contribution is -0.144. The summed E-state index contributed by atoms with van der Waals surface area (Å²) in [6.07, 6.45) is -0.596. The third-order valence-electron chi connectivity index (χ3n) is 16.8. The summed E-state index contributed by atoms with van der Waals surface area (Å²) in [5.41, 5.74) is 23.2. The molecule has 2 aromatic carbocycles. The first-order valence-electron chi connectivity index (χ1n) is 34.2. The Kier molecular flexibility index (Phi) is 36.5. The zero-order valence-corrected chi connectivity index (χ0v) is 59.7. The molecule has 1 aromatic heterocycles. The van der Waals surface area contributed by atoms with Gasteiger partial charge in [0.05, 0.1) is 71.6 Å². The van der Waals surface area contributed by atoms with Crippen LogP contribution in [-0.2, 0) is 99.1 Å². The lowest BCUT2D eigenvalue weighted by atomic mass is 10.0. The fraction of sp³-hybridized carbons (Fsp3) is 0.515. The van der Waals surface area contributed by atoms with E-state index in [2.05, 4.69) is 68.8 Å². The van der Waals surface area contributed by atoms with Crippen molar-refractivity contribution in [1.82, 2.24) is 78.6 Å². The van der Waals surface area contributed by atoms with E-state index in [-0.39, 0.29) is 51.6 Å². The van der Waals surface area contributed by atoms with E-state index in [9.17, 15) is 102 Å². The van der Waals surface area contributed by atoms with Crippen LogP contribution in [-0.4, -0.2) is 290 Å². The number of rotatable bonds is 41. The van der Waals surface area contributed by atoms with E-state index in [0.29, 0.717) is 22.0 Å². The second kappa shape index (κ2) is 44.4. The quantitative estimate of drug-likeness (QED) is 0.0251. The van der Waals surface area contributed by atoms with Crippen LogP contribution in [0.3, 0.4) is 0 Å². The van der Waals surface area contributed by atoms with Gasteiger partial charge in [0.15, 0.2) is 0 Å². The third kappa shape index (κ3) is 28.5. The van der Waals surface area contributed by atoms with Gasteiger partial charge in [-0.2, -0.15) is 0 Å². The molecule has 0 spiro atoms. The number of nitrogens with two attached hydrogens (primary N) is 4. The maximum atomic E-state index is 15.0. The van der Waals surface area contributed by atoms with Gasteiger partial charge in [-0.3, -0.25) is 86.3 Å². The number of hydrogen-bond donors (Lipinski definition) is 23. The van der Waals surface area contributed by atoms with Crippen LogP contribution in [0.1, 0.15) is 70.4 Å². The number of hydrogen-bond acceptors (Lipinski definition) is 24. The number of fused-ring (bicyclic) bond motifs is 1. The molecule has 0 saturated carbocycles.